The molecule has 0 aliphatic carbocycles. The van der Waals surface area contributed by atoms with Crippen LogP contribution in [0, 0.1) is 0 Å². The Morgan fingerprint density at radius 3 is 2.53 bits per heavy atom. The minimum Gasteiger partial charge on any atom is -0.469 e. The molecule has 0 saturated heterocycles. The van der Waals surface area contributed by atoms with Crippen LogP contribution in [-0.4, -0.2) is 18.2 Å². The second-order valence-corrected chi connectivity index (χ2v) is 3.22. The predicted octanol–water partition coefficient (Wildman–Crippen LogP) is 2.70. The lowest BCUT2D eigenvalue weighted by atomic mass is 10.0. The summed E-state index contributed by atoms with van der Waals surface area (Å²) < 4.78 is 4.65. The van der Waals surface area contributed by atoms with Gasteiger partial charge in [-0.15, -0.1) is 0 Å². The number of aliphatic imine (C=N–C) groups is 1. The van der Waals surface area contributed by atoms with E-state index in [4.69, 9.17) is 0 Å². The quantitative estimate of drug-likeness (QED) is 0.447. The van der Waals surface area contributed by atoms with Crippen LogP contribution in [0.3, 0.4) is 0 Å². The molecule has 0 fully saturated rings. The van der Waals surface area contributed by atoms with Gasteiger partial charge in [0.25, 0.3) is 0 Å². The minimum absolute atomic E-state index is 0.249. The van der Waals surface area contributed by atoms with Crippen molar-refractivity contribution in [2.75, 3.05) is 7.11 Å². The zero-order valence-corrected chi connectivity index (χ0v) is 9.38. The Bertz CT molecular complexity index is 394. The molecule has 1 atom stereocenters. The van der Waals surface area contributed by atoms with E-state index in [2.05, 4.69) is 27.1 Å². The third-order valence-corrected chi connectivity index (χ3v) is 2.21. The molecule has 1 aromatic carbocycles. The second-order valence-electron chi connectivity index (χ2n) is 3.04. The van der Waals surface area contributed by atoms with E-state index in [1.165, 1.54) is 7.11 Å². The van der Waals surface area contributed by atoms with Crippen LogP contribution in [-0.2, 0) is 9.53 Å². The first-order chi connectivity index (χ1) is 7.19. The summed E-state index contributed by atoms with van der Waals surface area (Å²) in [6.07, 6.45) is 0. The average Bonchev–Trinajstić information content (AvgIpc) is 2.28. The first-order valence-corrected chi connectivity index (χ1v) is 4.85. The normalized spacial score (nSPS) is 11.3. The Kier molecular flexibility index (Phi) is 4.16. The van der Waals surface area contributed by atoms with Crippen molar-refractivity contribution in [1.29, 1.82) is 0 Å². The first kappa shape index (κ1) is 11.6. The van der Waals surface area contributed by atoms with Crippen LogP contribution < -0.4 is 0 Å². The van der Waals surface area contributed by atoms with E-state index in [0.717, 1.165) is 11.3 Å². The van der Waals surface area contributed by atoms with Crippen LogP contribution in [0.5, 0.6) is 0 Å². The Hall–Kier alpha value is -1.51. The van der Waals surface area contributed by atoms with Crippen molar-refractivity contribution in [3.63, 3.8) is 0 Å². The summed E-state index contributed by atoms with van der Waals surface area (Å²) in [5.41, 5.74) is 1.62. The van der Waals surface area contributed by atoms with Crippen LogP contribution >= 0.6 is 12.2 Å². The maximum atomic E-state index is 11.2. The Morgan fingerprint density at radius 2 is 2.07 bits per heavy atom. The Morgan fingerprint density at radius 1 is 1.47 bits per heavy atom. The molecule has 0 aliphatic rings. The number of hydrogen-bond donors (Lipinski definition) is 0. The van der Waals surface area contributed by atoms with E-state index in [0.29, 0.717) is 0 Å². The summed E-state index contributed by atoms with van der Waals surface area (Å²) in [5, 5.41) is 2.28. The summed E-state index contributed by atoms with van der Waals surface area (Å²) in [4.78, 5) is 15.1. The van der Waals surface area contributed by atoms with Gasteiger partial charge in [0.2, 0.25) is 0 Å². The molecule has 1 rings (SSSR count). The van der Waals surface area contributed by atoms with Gasteiger partial charge in [-0.05, 0) is 36.8 Å². The van der Waals surface area contributed by atoms with Gasteiger partial charge in [0.05, 0.1) is 23.9 Å². The van der Waals surface area contributed by atoms with Gasteiger partial charge in [-0.25, -0.2) is 0 Å². The maximum absolute atomic E-state index is 11.2. The van der Waals surface area contributed by atoms with E-state index >= 15 is 0 Å². The molecule has 0 bridgehead atoms. The number of methoxy groups -OCH3 is 1. The standard InChI is InChI=1S/C11H11NO2S/c1-8(11(13)14-2)9-3-5-10(6-4-9)12-7-15/h3-6,8H,1-2H3. The summed E-state index contributed by atoms with van der Waals surface area (Å²) in [5.74, 6) is -0.512. The molecule has 15 heavy (non-hydrogen) atoms. The third-order valence-electron chi connectivity index (χ3n) is 2.12. The lowest BCUT2D eigenvalue weighted by Gasteiger charge is -2.08. The van der Waals surface area contributed by atoms with E-state index in [9.17, 15) is 4.79 Å². The van der Waals surface area contributed by atoms with Gasteiger partial charge in [-0.1, -0.05) is 12.1 Å². The van der Waals surface area contributed by atoms with Crippen molar-refractivity contribution in [3.8, 4) is 0 Å². The van der Waals surface area contributed by atoms with Gasteiger partial charge in [-0.2, -0.15) is 4.99 Å². The second kappa shape index (κ2) is 5.39. The molecule has 78 valence electrons. The molecule has 0 N–H and O–H groups in total. The molecule has 0 aromatic heterocycles. The number of ether oxygens (including phenoxy) is 1. The van der Waals surface area contributed by atoms with Crippen molar-refractivity contribution in [2.45, 2.75) is 12.8 Å². The molecule has 0 radical (unpaired) electrons. The fraction of sp³-hybridized carbons (Fsp3) is 0.273. The van der Waals surface area contributed by atoms with Crippen molar-refractivity contribution in [2.24, 2.45) is 4.99 Å². The van der Waals surface area contributed by atoms with E-state index < -0.39 is 0 Å². The van der Waals surface area contributed by atoms with E-state index in [-0.39, 0.29) is 11.9 Å². The molecule has 1 aromatic rings. The Labute approximate surface area is 93.8 Å². The van der Waals surface area contributed by atoms with Crippen LogP contribution in [0.1, 0.15) is 18.4 Å². The largest absolute Gasteiger partial charge is 0.469 e. The van der Waals surface area contributed by atoms with E-state index in [1.54, 1.807) is 19.1 Å². The van der Waals surface area contributed by atoms with Crippen molar-refractivity contribution in [1.82, 2.24) is 0 Å². The fourth-order valence-corrected chi connectivity index (χ4v) is 1.31. The molecule has 0 heterocycles. The zero-order chi connectivity index (χ0) is 11.3. The number of carbonyl (C=O) groups excluding carboxylic acids is 1. The minimum atomic E-state index is -0.263. The fourth-order valence-electron chi connectivity index (χ4n) is 1.20. The van der Waals surface area contributed by atoms with Crippen LogP contribution in [0.2, 0.25) is 0 Å². The first-order valence-electron chi connectivity index (χ1n) is 4.44. The lowest BCUT2D eigenvalue weighted by Crippen LogP contribution is -2.10. The van der Waals surface area contributed by atoms with E-state index in [1.807, 2.05) is 12.1 Å². The molecule has 1 unspecified atom stereocenters. The van der Waals surface area contributed by atoms with Crippen LogP contribution in [0.15, 0.2) is 29.3 Å². The SMILES string of the molecule is COC(=O)C(C)c1ccc(N=C=S)cc1. The van der Waals surface area contributed by atoms with Gasteiger partial charge in [-0.3, -0.25) is 4.79 Å². The number of rotatable bonds is 3. The summed E-state index contributed by atoms with van der Waals surface area (Å²) in [6, 6.07) is 7.22. The number of carbonyl (C=O) groups is 1. The highest BCUT2D eigenvalue weighted by Crippen LogP contribution is 2.20. The smallest absolute Gasteiger partial charge is 0.312 e. The zero-order valence-electron chi connectivity index (χ0n) is 8.56. The van der Waals surface area contributed by atoms with Crippen LogP contribution in [0.4, 0.5) is 5.69 Å². The number of benzene rings is 1. The molecular formula is C11H11NO2S. The Balaban J connectivity index is 2.88. The maximum Gasteiger partial charge on any atom is 0.312 e. The molecule has 0 aliphatic heterocycles. The van der Waals surface area contributed by atoms with Gasteiger partial charge < -0.3 is 4.74 Å². The number of nitrogens with zero attached hydrogens (tertiary/aromatic N) is 1. The number of hydrogen-bond acceptors (Lipinski definition) is 4. The van der Waals surface area contributed by atoms with Crippen molar-refractivity contribution < 1.29 is 9.53 Å². The lowest BCUT2D eigenvalue weighted by molar-refractivity contribution is -0.141. The number of esters is 1. The highest BCUT2D eigenvalue weighted by Gasteiger charge is 2.14. The average molecular weight is 221 g/mol. The van der Waals surface area contributed by atoms with Gasteiger partial charge >= 0.3 is 5.97 Å². The monoisotopic (exact) mass is 221 g/mol. The summed E-state index contributed by atoms with van der Waals surface area (Å²) in [7, 11) is 1.38. The van der Waals surface area contributed by atoms with Crippen molar-refractivity contribution in [3.05, 3.63) is 29.8 Å². The molecule has 3 nitrogen and oxygen atoms in total. The van der Waals surface area contributed by atoms with Crippen molar-refractivity contribution >= 4 is 29.0 Å². The molecule has 0 spiro atoms. The van der Waals surface area contributed by atoms with Crippen LogP contribution in [0.25, 0.3) is 0 Å². The number of isothiocyanates is 1. The highest BCUT2D eigenvalue weighted by molar-refractivity contribution is 7.78. The molecule has 0 amide bonds. The number of thiocarbonyl (C=S) groups is 1. The van der Waals surface area contributed by atoms with Gasteiger partial charge in [0.1, 0.15) is 0 Å². The molecule has 4 heteroatoms. The topological polar surface area (TPSA) is 38.7 Å². The van der Waals surface area contributed by atoms with Gasteiger partial charge in [0.15, 0.2) is 0 Å². The summed E-state index contributed by atoms with van der Waals surface area (Å²) in [6.45, 7) is 1.79. The van der Waals surface area contributed by atoms with Gasteiger partial charge in [0, 0.05) is 0 Å². The highest BCUT2D eigenvalue weighted by atomic mass is 32.1. The molecule has 0 saturated carbocycles. The molecular weight excluding hydrogens is 210 g/mol. The predicted molar refractivity (Wildman–Crippen MR) is 61.6 cm³/mol. The summed E-state index contributed by atoms with van der Waals surface area (Å²) >= 11 is 4.49. The third kappa shape index (κ3) is 2.98.